The molecule has 0 unspecified atom stereocenters. The molecule has 1 aliphatic carbocycles. The Morgan fingerprint density at radius 1 is 1.30 bits per heavy atom. The lowest BCUT2D eigenvalue weighted by Gasteiger charge is -2.29. The zero-order valence-corrected chi connectivity index (χ0v) is 12.8. The van der Waals surface area contributed by atoms with Gasteiger partial charge in [-0.3, -0.25) is 0 Å². The van der Waals surface area contributed by atoms with E-state index >= 15 is 0 Å². The summed E-state index contributed by atoms with van der Waals surface area (Å²) in [5, 5.41) is 0. The molecule has 2 aliphatic rings. The van der Waals surface area contributed by atoms with Gasteiger partial charge in [0.1, 0.15) is 11.6 Å². The first-order valence-electron chi connectivity index (χ1n) is 7.56. The second-order valence-electron chi connectivity index (χ2n) is 5.65. The number of benzene rings is 1. The molecular formula is C16H18FNO5. The van der Waals surface area contributed by atoms with E-state index in [9.17, 15) is 14.0 Å². The van der Waals surface area contributed by atoms with E-state index in [1.807, 2.05) is 0 Å². The van der Waals surface area contributed by atoms with Gasteiger partial charge >= 0.3 is 12.1 Å². The van der Waals surface area contributed by atoms with Crippen molar-refractivity contribution in [2.24, 2.45) is 0 Å². The molecule has 1 aliphatic heterocycles. The van der Waals surface area contributed by atoms with Crippen LogP contribution in [0.15, 0.2) is 12.1 Å². The summed E-state index contributed by atoms with van der Waals surface area (Å²) in [4.78, 5) is 24.7. The number of amides is 1. The number of likely N-dealkylation sites (tertiary alicyclic amines) is 1. The van der Waals surface area contributed by atoms with Gasteiger partial charge in [-0.1, -0.05) is 0 Å². The van der Waals surface area contributed by atoms with Crippen LogP contribution in [0.4, 0.5) is 9.18 Å². The second kappa shape index (κ2) is 6.44. The van der Waals surface area contributed by atoms with Crippen molar-refractivity contribution in [3.05, 3.63) is 29.1 Å². The summed E-state index contributed by atoms with van der Waals surface area (Å²) < 4.78 is 29.0. The van der Waals surface area contributed by atoms with E-state index in [4.69, 9.17) is 9.47 Å². The van der Waals surface area contributed by atoms with Crippen LogP contribution >= 0.6 is 0 Å². The third-order valence-corrected chi connectivity index (χ3v) is 4.03. The lowest BCUT2D eigenvalue weighted by molar-refractivity contribution is 0.0231. The maximum absolute atomic E-state index is 14.0. The molecule has 1 saturated carbocycles. The molecule has 1 heterocycles. The third-order valence-electron chi connectivity index (χ3n) is 4.03. The summed E-state index contributed by atoms with van der Waals surface area (Å²) in [7, 11) is 1.21. The minimum Gasteiger partial charge on any atom is -0.465 e. The van der Waals surface area contributed by atoms with Gasteiger partial charge in [0.25, 0.3) is 0 Å². The smallest absolute Gasteiger partial charge is 0.412 e. The van der Waals surface area contributed by atoms with Crippen molar-refractivity contribution in [2.75, 3.05) is 27.0 Å². The summed E-state index contributed by atoms with van der Waals surface area (Å²) >= 11 is 0. The average molecular weight is 323 g/mol. The van der Waals surface area contributed by atoms with Gasteiger partial charge in [0.2, 0.25) is 6.79 Å². The van der Waals surface area contributed by atoms with Crippen molar-refractivity contribution in [2.45, 2.75) is 25.2 Å². The van der Waals surface area contributed by atoms with Gasteiger partial charge in [-0.25, -0.2) is 14.0 Å². The van der Waals surface area contributed by atoms with E-state index < -0.39 is 17.9 Å². The lowest BCUT2D eigenvalue weighted by Crippen LogP contribution is -2.42. The molecule has 1 amide bonds. The zero-order chi connectivity index (χ0) is 16.4. The molecule has 0 spiro atoms. The molecular weight excluding hydrogens is 305 g/mol. The highest BCUT2D eigenvalue weighted by molar-refractivity contribution is 5.90. The molecule has 0 aromatic heterocycles. The molecule has 7 heteroatoms. The van der Waals surface area contributed by atoms with Crippen LogP contribution in [-0.2, 0) is 9.47 Å². The number of rotatable bonds is 5. The quantitative estimate of drug-likeness (QED) is 0.616. The topological polar surface area (TPSA) is 65.1 Å². The first kappa shape index (κ1) is 15.6. The molecule has 0 N–H and O–H groups in total. The molecule has 0 atom stereocenters. The van der Waals surface area contributed by atoms with Gasteiger partial charge in [0.05, 0.1) is 12.7 Å². The minimum absolute atomic E-state index is 0.112. The number of ether oxygens (including phenoxy) is 3. The van der Waals surface area contributed by atoms with Crippen molar-refractivity contribution in [1.29, 1.82) is 0 Å². The number of nitrogens with zero attached hydrogens (tertiary/aromatic N) is 1. The summed E-state index contributed by atoms with van der Waals surface area (Å²) in [6.45, 7) is 1.09. The van der Waals surface area contributed by atoms with Crippen LogP contribution in [-0.4, -0.2) is 44.0 Å². The molecule has 124 valence electrons. The highest BCUT2D eigenvalue weighted by atomic mass is 19.1. The molecule has 0 radical (unpaired) electrons. The van der Waals surface area contributed by atoms with E-state index in [0.717, 1.165) is 30.9 Å². The monoisotopic (exact) mass is 323 g/mol. The van der Waals surface area contributed by atoms with Crippen LogP contribution in [0.2, 0.25) is 0 Å². The first-order valence-corrected chi connectivity index (χ1v) is 7.56. The Hall–Kier alpha value is -2.31. The van der Waals surface area contributed by atoms with E-state index in [0.29, 0.717) is 18.8 Å². The molecule has 23 heavy (non-hydrogen) atoms. The Bertz CT molecular complexity index is 625. The van der Waals surface area contributed by atoms with Crippen molar-refractivity contribution in [3.63, 3.8) is 0 Å². The molecule has 1 aromatic carbocycles. The molecule has 0 bridgehead atoms. The Balaban J connectivity index is 1.69. The maximum Gasteiger partial charge on any atom is 0.412 e. The fraction of sp³-hybridized carbons (Fsp3) is 0.500. The van der Waals surface area contributed by atoms with Crippen LogP contribution in [0.5, 0.6) is 5.75 Å². The first-order chi connectivity index (χ1) is 11.1. The van der Waals surface area contributed by atoms with Gasteiger partial charge in [0.15, 0.2) is 0 Å². The van der Waals surface area contributed by atoms with E-state index in [-0.39, 0.29) is 18.3 Å². The Morgan fingerprint density at radius 3 is 2.61 bits per heavy atom. The number of esters is 1. The third kappa shape index (κ3) is 3.38. The van der Waals surface area contributed by atoms with Crippen molar-refractivity contribution in [3.8, 4) is 5.75 Å². The molecule has 2 fully saturated rings. The molecule has 1 aromatic rings. The molecule has 1 saturated heterocycles. The van der Waals surface area contributed by atoms with Crippen molar-refractivity contribution in [1.82, 2.24) is 4.90 Å². The normalized spacial score (nSPS) is 16.5. The summed E-state index contributed by atoms with van der Waals surface area (Å²) in [5.41, 5.74) is 0.631. The highest BCUT2D eigenvalue weighted by Gasteiger charge is 2.30. The summed E-state index contributed by atoms with van der Waals surface area (Å²) in [6.07, 6.45) is 2.45. The van der Waals surface area contributed by atoms with Crippen LogP contribution in [0.1, 0.15) is 41.1 Å². The standard InChI is InChI=1S/C16H18FNO5/c1-21-15(19)12-7-11(10-3-4-10)14(8-13(12)17)22-9-23-16(20)18-5-2-6-18/h7-8,10H,2-6,9H2,1H3. The average Bonchev–Trinajstić information content (AvgIpc) is 3.29. The minimum atomic E-state index is -0.722. The predicted molar refractivity (Wildman–Crippen MR) is 77.9 cm³/mol. The van der Waals surface area contributed by atoms with Crippen LogP contribution in [0, 0.1) is 5.82 Å². The highest BCUT2D eigenvalue weighted by Crippen LogP contribution is 2.45. The van der Waals surface area contributed by atoms with E-state index in [1.165, 1.54) is 13.2 Å². The van der Waals surface area contributed by atoms with Gasteiger partial charge in [0, 0.05) is 19.2 Å². The van der Waals surface area contributed by atoms with E-state index in [2.05, 4.69) is 4.74 Å². The van der Waals surface area contributed by atoms with Gasteiger partial charge in [-0.15, -0.1) is 0 Å². The number of hydrogen-bond donors (Lipinski definition) is 0. The fourth-order valence-electron chi connectivity index (χ4n) is 2.41. The zero-order valence-electron chi connectivity index (χ0n) is 12.8. The maximum atomic E-state index is 14.0. The molecule has 3 rings (SSSR count). The Morgan fingerprint density at radius 2 is 2.04 bits per heavy atom. The predicted octanol–water partition coefficient (Wildman–Crippen LogP) is 2.67. The molecule has 6 nitrogen and oxygen atoms in total. The van der Waals surface area contributed by atoms with E-state index in [1.54, 1.807) is 4.90 Å². The lowest BCUT2D eigenvalue weighted by atomic mass is 10.0. The number of carbonyl (C=O) groups is 2. The van der Waals surface area contributed by atoms with Crippen molar-refractivity contribution < 1.29 is 28.2 Å². The largest absolute Gasteiger partial charge is 0.465 e. The van der Waals surface area contributed by atoms with Crippen LogP contribution in [0.3, 0.4) is 0 Å². The number of halogens is 1. The SMILES string of the molecule is COC(=O)c1cc(C2CC2)c(OCOC(=O)N2CCC2)cc1F. The fourth-order valence-corrected chi connectivity index (χ4v) is 2.41. The van der Waals surface area contributed by atoms with Crippen LogP contribution in [0.25, 0.3) is 0 Å². The summed E-state index contributed by atoms with van der Waals surface area (Å²) in [6, 6.07) is 2.61. The number of methoxy groups -OCH3 is 1. The Kier molecular flexibility index (Phi) is 4.36. The summed E-state index contributed by atoms with van der Waals surface area (Å²) in [5.74, 6) is -0.903. The van der Waals surface area contributed by atoms with Gasteiger partial charge < -0.3 is 19.1 Å². The number of carbonyl (C=O) groups excluding carboxylic acids is 2. The van der Waals surface area contributed by atoms with Gasteiger partial charge in [-0.2, -0.15) is 0 Å². The van der Waals surface area contributed by atoms with Gasteiger partial charge in [-0.05, 0) is 36.8 Å². The number of hydrogen-bond acceptors (Lipinski definition) is 5. The Labute approximate surface area is 133 Å². The van der Waals surface area contributed by atoms with Crippen molar-refractivity contribution >= 4 is 12.1 Å². The van der Waals surface area contributed by atoms with Crippen LogP contribution < -0.4 is 4.74 Å². The second-order valence-corrected chi connectivity index (χ2v) is 5.65.